The van der Waals surface area contributed by atoms with Crippen LogP contribution in [-0.4, -0.2) is 22.5 Å². The van der Waals surface area contributed by atoms with Crippen molar-refractivity contribution in [3.8, 4) is 23.1 Å². The van der Waals surface area contributed by atoms with Gasteiger partial charge in [-0.05, 0) is 66.6 Å². The van der Waals surface area contributed by atoms with Crippen LogP contribution in [0.5, 0.6) is 11.5 Å². The summed E-state index contributed by atoms with van der Waals surface area (Å²) >= 11 is 10.1. The molecule has 2 aromatic heterocycles. The molecule has 0 aliphatic rings. The lowest BCUT2D eigenvalue weighted by Gasteiger charge is -2.14. The molecule has 41 heavy (non-hydrogen) atoms. The van der Waals surface area contributed by atoms with Gasteiger partial charge in [0.15, 0.2) is 17.3 Å². The van der Waals surface area contributed by atoms with Crippen LogP contribution < -0.4 is 15.0 Å². The van der Waals surface area contributed by atoms with E-state index in [9.17, 15) is 4.79 Å². The van der Waals surface area contributed by atoms with E-state index in [0.29, 0.717) is 57.5 Å². The minimum absolute atomic E-state index is 0.274. The number of benzene rings is 4. The Labute approximate surface area is 248 Å². The van der Waals surface area contributed by atoms with Gasteiger partial charge in [-0.2, -0.15) is 9.78 Å². The molecule has 0 saturated carbocycles. The summed E-state index contributed by atoms with van der Waals surface area (Å²) in [6.07, 6.45) is 1.54. The molecule has 204 valence electrons. The molecule has 0 aliphatic heterocycles. The number of rotatable bonds is 8. The van der Waals surface area contributed by atoms with Crippen molar-refractivity contribution in [3.05, 3.63) is 122 Å². The van der Waals surface area contributed by atoms with Gasteiger partial charge in [0.25, 0.3) is 5.56 Å². The smallest absolute Gasteiger partial charge is 0.282 e. The van der Waals surface area contributed by atoms with E-state index >= 15 is 0 Å². The maximum atomic E-state index is 13.6. The Morgan fingerprint density at radius 1 is 1.00 bits per heavy atom. The normalized spacial score (nSPS) is 11.5. The Morgan fingerprint density at radius 2 is 1.80 bits per heavy atom. The Kier molecular flexibility index (Phi) is 7.59. The van der Waals surface area contributed by atoms with Crippen LogP contribution in [0.2, 0.25) is 5.02 Å². The number of halogens is 2. The highest BCUT2D eigenvalue weighted by atomic mass is 79.9. The van der Waals surface area contributed by atoms with Crippen molar-refractivity contribution in [2.24, 2.45) is 5.10 Å². The fourth-order valence-corrected chi connectivity index (χ4v) is 5.09. The summed E-state index contributed by atoms with van der Waals surface area (Å²) in [7, 11) is 0. The molecule has 0 spiro atoms. The molecule has 2 heterocycles. The summed E-state index contributed by atoms with van der Waals surface area (Å²) in [5, 5.41) is 6.21. The van der Waals surface area contributed by atoms with Gasteiger partial charge in [0.1, 0.15) is 12.2 Å². The van der Waals surface area contributed by atoms with Gasteiger partial charge in [0, 0.05) is 9.86 Å². The zero-order valence-corrected chi connectivity index (χ0v) is 24.2. The Hall–Kier alpha value is -4.40. The number of ether oxygens (including phenoxy) is 2. The summed E-state index contributed by atoms with van der Waals surface area (Å²) in [4.78, 5) is 18.4. The van der Waals surface area contributed by atoms with Crippen LogP contribution in [0.4, 0.5) is 0 Å². The van der Waals surface area contributed by atoms with E-state index in [-0.39, 0.29) is 11.4 Å². The van der Waals surface area contributed by atoms with Gasteiger partial charge in [-0.15, -0.1) is 0 Å². The molecule has 0 saturated heterocycles. The van der Waals surface area contributed by atoms with Crippen LogP contribution in [0.1, 0.15) is 18.1 Å². The molecule has 0 atom stereocenters. The quantitative estimate of drug-likeness (QED) is 0.159. The molecule has 6 aromatic rings. The van der Waals surface area contributed by atoms with Crippen LogP contribution in [-0.2, 0) is 6.61 Å². The third-order valence-electron chi connectivity index (χ3n) is 6.33. The van der Waals surface area contributed by atoms with E-state index in [0.717, 1.165) is 15.4 Å². The number of furan rings is 1. The number of hydrogen-bond donors (Lipinski definition) is 0. The van der Waals surface area contributed by atoms with Crippen molar-refractivity contribution in [1.29, 1.82) is 0 Å². The van der Waals surface area contributed by atoms with Crippen molar-refractivity contribution in [3.63, 3.8) is 0 Å². The predicted molar refractivity (Wildman–Crippen MR) is 165 cm³/mol. The number of aromatic nitrogens is 2. The highest BCUT2D eigenvalue weighted by molar-refractivity contribution is 9.10. The van der Waals surface area contributed by atoms with Gasteiger partial charge in [-0.1, -0.05) is 70.0 Å². The zero-order chi connectivity index (χ0) is 28.3. The molecule has 4 aromatic carbocycles. The van der Waals surface area contributed by atoms with Crippen LogP contribution in [0.15, 0.2) is 110 Å². The molecule has 0 unspecified atom stereocenters. The first-order valence-corrected chi connectivity index (χ1v) is 14.1. The maximum Gasteiger partial charge on any atom is 0.282 e. The fraction of sp³-hybridized carbons (Fsp3) is 0.0938. The van der Waals surface area contributed by atoms with Gasteiger partial charge in [-0.25, -0.2) is 4.98 Å². The summed E-state index contributed by atoms with van der Waals surface area (Å²) in [6, 6.07) is 27.9. The Bertz CT molecular complexity index is 1970. The molecule has 6 rings (SSSR count). The van der Waals surface area contributed by atoms with E-state index in [1.165, 1.54) is 10.9 Å². The van der Waals surface area contributed by atoms with Crippen LogP contribution >= 0.6 is 27.5 Å². The van der Waals surface area contributed by atoms with Gasteiger partial charge in [0.05, 0.1) is 28.7 Å². The number of fused-ring (bicyclic) bond motifs is 2. The highest BCUT2D eigenvalue weighted by Crippen LogP contribution is 2.37. The highest BCUT2D eigenvalue weighted by Gasteiger charge is 2.17. The summed E-state index contributed by atoms with van der Waals surface area (Å²) in [6.45, 7) is 2.64. The third kappa shape index (κ3) is 5.62. The molecule has 0 fully saturated rings. The lowest BCUT2D eigenvalue weighted by Crippen LogP contribution is -2.20. The number of para-hydroxylation sites is 1. The van der Waals surface area contributed by atoms with Crippen LogP contribution in [0, 0.1) is 0 Å². The minimum Gasteiger partial charge on any atom is -0.490 e. The zero-order valence-electron chi connectivity index (χ0n) is 21.9. The molecule has 0 N–H and O–H groups in total. The average molecular weight is 629 g/mol. The van der Waals surface area contributed by atoms with Crippen molar-refractivity contribution >= 4 is 55.6 Å². The lowest BCUT2D eigenvalue weighted by atomic mass is 10.2. The van der Waals surface area contributed by atoms with E-state index in [1.807, 2.05) is 67.6 Å². The molecule has 0 radical (unpaired) electrons. The first kappa shape index (κ1) is 26.8. The van der Waals surface area contributed by atoms with Crippen molar-refractivity contribution in [1.82, 2.24) is 9.66 Å². The van der Waals surface area contributed by atoms with Crippen LogP contribution in [0.25, 0.3) is 33.5 Å². The molecule has 0 amide bonds. The topological polar surface area (TPSA) is 78.9 Å². The monoisotopic (exact) mass is 627 g/mol. The average Bonchev–Trinajstić information content (AvgIpc) is 3.40. The summed E-state index contributed by atoms with van der Waals surface area (Å²) < 4.78 is 20.1. The third-order valence-corrected chi connectivity index (χ3v) is 7.11. The van der Waals surface area contributed by atoms with E-state index in [4.69, 9.17) is 30.5 Å². The van der Waals surface area contributed by atoms with Crippen molar-refractivity contribution in [2.75, 3.05) is 6.61 Å². The summed E-state index contributed by atoms with van der Waals surface area (Å²) in [5.74, 6) is 1.60. The van der Waals surface area contributed by atoms with Crippen LogP contribution in [0.3, 0.4) is 0 Å². The standard InChI is InChI=1S/C32H23BrClN3O4/c1-2-39-28-15-21(14-25(34)30(28)40-19-20-8-4-3-5-9-20)18-35-37-31(36-26-11-7-6-10-24(26)32(37)38)29-17-22-16-23(33)12-13-27(22)41-29/h3-18H,2,19H2,1H3. The molecular weight excluding hydrogens is 606 g/mol. The minimum atomic E-state index is -0.331. The molecule has 9 heteroatoms. The molecular formula is C32H23BrClN3O4. The van der Waals surface area contributed by atoms with Gasteiger partial charge >= 0.3 is 0 Å². The predicted octanol–water partition coefficient (Wildman–Crippen LogP) is 8.09. The first-order valence-electron chi connectivity index (χ1n) is 12.9. The van der Waals surface area contributed by atoms with Crippen molar-refractivity contribution in [2.45, 2.75) is 13.5 Å². The Balaban J connectivity index is 1.41. The van der Waals surface area contributed by atoms with Gasteiger partial charge < -0.3 is 13.9 Å². The lowest BCUT2D eigenvalue weighted by molar-refractivity contribution is 0.269. The van der Waals surface area contributed by atoms with Gasteiger partial charge in [-0.3, -0.25) is 4.79 Å². The second-order valence-corrected chi connectivity index (χ2v) is 10.5. The van der Waals surface area contributed by atoms with Crippen molar-refractivity contribution < 1.29 is 13.9 Å². The Morgan fingerprint density at radius 3 is 2.63 bits per heavy atom. The second-order valence-electron chi connectivity index (χ2n) is 9.14. The number of hydrogen-bond acceptors (Lipinski definition) is 6. The summed E-state index contributed by atoms with van der Waals surface area (Å²) in [5.41, 5.74) is 2.50. The molecule has 7 nitrogen and oxygen atoms in total. The SMILES string of the molecule is CCOc1cc(C=Nn2c(-c3cc4cc(Br)ccc4o3)nc3ccccc3c2=O)cc(Cl)c1OCc1ccccc1. The maximum absolute atomic E-state index is 13.6. The number of nitrogens with zero attached hydrogens (tertiary/aromatic N) is 3. The molecule has 0 bridgehead atoms. The van der Waals surface area contributed by atoms with E-state index in [1.54, 1.807) is 30.3 Å². The van der Waals surface area contributed by atoms with Gasteiger partial charge in [0.2, 0.25) is 5.82 Å². The molecule has 0 aliphatic carbocycles. The fourth-order valence-electron chi connectivity index (χ4n) is 4.43. The first-order chi connectivity index (χ1) is 20.0. The van der Waals surface area contributed by atoms with E-state index < -0.39 is 0 Å². The second kappa shape index (κ2) is 11.6. The van der Waals surface area contributed by atoms with E-state index in [2.05, 4.69) is 21.0 Å². The largest absolute Gasteiger partial charge is 0.490 e.